The van der Waals surface area contributed by atoms with Gasteiger partial charge >= 0.3 is 0 Å². The molecule has 0 unspecified atom stereocenters. The number of nitrogens with one attached hydrogen (secondary N) is 2. The van der Waals surface area contributed by atoms with Gasteiger partial charge in [-0.2, -0.15) is 0 Å². The molecule has 6 nitrogen and oxygen atoms in total. The topological polar surface area (TPSA) is 76.7 Å². The summed E-state index contributed by atoms with van der Waals surface area (Å²) in [7, 11) is 3.15. The summed E-state index contributed by atoms with van der Waals surface area (Å²) in [6, 6.07) is 21.1. The van der Waals surface area contributed by atoms with E-state index in [2.05, 4.69) is 10.6 Å². The van der Waals surface area contributed by atoms with Gasteiger partial charge in [-0.25, -0.2) is 0 Å². The number of anilines is 1. The summed E-state index contributed by atoms with van der Waals surface area (Å²) in [5.41, 5.74) is 2.12. The van der Waals surface area contributed by atoms with Crippen LogP contribution in [0.1, 0.15) is 26.3 Å². The summed E-state index contributed by atoms with van der Waals surface area (Å²) in [5.74, 6) is 0.737. The van der Waals surface area contributed by atoms with E-state index >= 15 is 0 Å². The molecule has 6 heteroatoms. The first kappa shape index (κ1) is 19.9. The van der Waals surface area contributed by atoms with Crippen molar-refractivity contribution in [3.8, 4) is 11.5 Å². The standard InChI is InChI=1S/C23H22N2O4/c1-28-18-12-13-21(29-2)17(14-18)15-24-23(27)19-10-6-7-11-20(19)25-22(26)16-8-4-3-5-9-16/h3-14H,15H2,1-2H3,(H,24,27)(H,25,26). The Morgan fingerprint density at radius 1 is 0.828 bits per heavy atom. The van der Waals surface area contributed by atoms with E-state index in [0.29, 0.717) is 28.3 Å². The van der Waals surface area contributed by atoms with Crippen molar-refractivity contribution in [3.63, 3.8) is 0 Å². The maximum atomic E-state index is 12.8. The Morgan fingerprint density at radius 2 is 1.55 bits per heavy atom. The Labute approximate surface area is 169 Å². The third-order valence-corrected chi connectivity index (χ3v) is 4.38. The van der Waals surface area contributed by atoms with Crippen LogP contribution in [0, 0.1) is 0 Å². The highest BCUT2D eigenvalue weighted by Crippen LogP contribution is 2.24. The van der Waals surface area contributed by atoms with Crippen LogP contribution in [0.3, 0.4) is 0 Å². The number of carbonyl (C=O) groups is 2. The molecule has 148 valence electrons. The summed E-state index contributed by atoms with van der Waals surface area (Å²) < 4.78 is 10.6. The van der Waals surface area contributed by atoms with Crippen molar-refractivity contribution in [1.29, 1.82) is 0 Å². The fourth-order valence-corrected chi connectivity index (χ4v) is 2.86. The molecule has 0 aliphatic heterocycles. The zero-order valence-electron chi connectivity index (χ0n) is 16.3. The first-order valence-corrected chi connectivity index (χ1v) is 9.07. The molecule has 0 atom stereocenters. The third kappa shape index (κ3) is 4.93. The SMILES string of the molecule is COc1ccc(OC)c(CNC(=O)c2ccccc2NC(=O)c2ccccc2)c1. The van der Waals surface area contributed by atoms with E-state index in [1.54, 1.807) is 74.9 Å². The predicted octanol–water partition coefficient (Wildman–Crippen LogP) is 3.89. The van der Waals surface area contributed by atoms with E-state index in [-0.39, 0.29) is 18.4 Å². The van der Waals surface area contributed by atoms with Crippen molar-refractivity contribution in [3.05, 3.63) is 89.5 Å². The number of benzene rings is 3. The van der Waals surface area contributed by atoms with Gasteiger partial charge in [0.15, 0.2) is 0 Å². The second-order valence-corrected chi connectivity index (χ2v) is 6.23. The summed E-state index contributed by atoms with van der Waals surface area (Å²) in [6.45, 7) is 0.250. The Bertz CT molecular complexity index is 1000. The third-order valence-electron chi connectivity index (χ3n) is 4.38. The van der Waals surface area contributed by atoms with Crippen molar-refractivity contribution in [1.82, 2.24) is 5.32 Å². The summed E-state index contributed by atoms with van der Waals surface area (Å²) in [5, 5.41) is 5.67. The highest BCUT2D eigenvalue weighted by atomic mass is 16.5. The number of methoxy groups -OCH3 is 2. The van der Waals surface area contributed by atoms with E-state index in [4.69, 9.17) is 9.47 Å². The molecule has 0 aliphatic rings. The second kappa shape index (κ2) is 9.41. The van der Waals surface area contributed by atoms with Gasteiger partial charge in [0, 0.05) is 17.7 Å². The van der Waals surface area contributed by atoms with Crippen LogP contribution >= 0.6 is 0 Å². The van der Waals surface area contributed by atoms with Crippen molar-refractivity contribution >= 4 is 17.5 Å². The number of hydrogen-bond donors (Lipinski definition) is 2. The van der Waals surface area contributed by atoms with Crippen LogP contribution in [0.2, 0.25) is 0 Å². The lowest BCUT2D eigenvalue weighted by atomic mass is 10.1. The Kier molecular flexibility index (Phi) is 6.47. The van der Waals surface area contributed by atoms with Gasteiger partial charge in [-0.15, -0.1) is 0 Å². The van der Waals surface area contributed by atoms with Crippen LogP contribution in [0.25, 0.3) is 0 Å². The Hall–Kier alpha value is -3.80. The summed E-state index contributed by atoms with van der Waals surface area (Å²) in [4.78, 5) is 25.2. The number of carbonyl (C=O) groups excluding carboxylic acids is 2. The van der Waals surface area contributed by atoms with Crippen LogP contribution < -0.4 is 20.1 Å². The molecule has 0 fully saturated rings. The van der Waals surface area contributed by atoms with Crippen molar-refractivity contribution in [2.75, 3.05) is 19.5 Å². The lowest BCUT2D eigenvalue weighted by Crippen LogP contribution is -2.25. The van der Waals surface area contributed by atoms with Gasteiger partial charge in [-0.3, -0.25) is 9.59 Å². The fourth-order valence-electron chi connectivity index (χ4n) is 2.86. The minimum Gasteiger partial charge on any atom is -0.497 e. The molecule has 29 heavy (non-hydrogen) atoms. The molecule has 0 aromatic heterocycles. The van der Waals surface area contributed by atoms with Gasteiger partial charge in [-0.1, -0.05) is 30.3 Å². The molecule has 3 aromatic rings. The number of hydrogen-bond acceptors (Lipinski definition) is 4. The highest BCUT2D eigenvalue weighted by Gasteiger charge is 2.15. The first-order valence-electron chi connectivity index (χ1n) is 9.07. The van der Waals surface area contributed by atoms with Crippen LogP contribution in [-0.4, -0.2) is 26.0 Å². The molecule has 0 saturated carbocycles. The normalized spacial score (nSPS) is 10.1. The van der Waals surface area contributed by atoms with E-state index in [0.717, 1.165) is 5.56 Å². The molecule has 0 heterocycles. The van der Waals surface area contributed by atoms with Crippen molar-refractivity contribution in [2.45, 2.75) is 6.54 Å². The first-order chi connectivity index (χ1) is 14.1. The maximum absolute atomic E-state index is 12.8. The maximum Gasteiger partial charge on any atom is 0.255 e. The molecular weight excluding hydrogens is 368 g/mol. The smallest absolute Gasteiger partial charge is 0.255 e. The predicted molar refractivity (Wildman–Crippen MR) is 112 cm³/mol. The van der Waals surface area contributed by atoms with Gasteiger partial charge in [0.25, 0.3) is 11.8 Å². The van der Waals surface area contributed by atoms with E-state index in [1.807, 2.05) is 12.1 Å². The van der Waals surface area contributed by atoms with Crippen LogP contribution in [0.4, 0.5) is 5.69 Å². The van der Waals surface area contributed by atoms with Gasteiger partial charge < -0.3 is 20.1 Å². The second-order valence-electron chi connectivity index (χ2n) is 6.23. The molecular formula is C23H22N2O4. The molecule has 2 N–H and O–H groups in total. The summed E-state index contributed by atoms with van der Waals surface area (Å²) in [6.07, 6.45) is 0. The minimum absolute atomic E-state index is 0.250. The zero-order valence-corrected chi connectivity index (χ0v) is 16.3. The average molecular weight is 390 g/mol. The Balaban J connectivity index is 1.74. The van der Waals surface area contributed by atoms with Crippen LogP contribution in [0.5, 0.6) is 11.5 Å². The molecule has 2 amide bonds. The number of amides is 2. The molecule has 0 spiro atoms. The lowest BCUT2D eigenvalue weighted by molar-refractivity contribution is 0.0951. The molecule has 0 aliphatic carbocycles. The highest BCUT2D eigenvalue weighted by molar-refractivity contribution is 6.08. The van der Waals surface area contributed by atoms with Gasteiger partial charge in [0.2, 0.25) is 0 Å². The van der Waals surface area contributed by atoms with E-state index in [9.17, 15) is 9.59 Å². The van der Waals surface area contributed by atoms with Crippen LogP contribution in [-0.2, 0) is 6.54 Å². The Morgan fingerprint density at radius 3 is 2.28 bits per heavy atom. The van der Waals surface area contributed by atoms with E-state index in [1.165, 1.54) is 0 Å². The van der Waals surface area contributed by atoms with Gasteiger partial charge in [0.1, 0.15) is 11.5 Å². The van der Waals surface area contributed by atoms with Crippen molar-refractivity contribution < 1.29 is 19.1 Å². The fraction of sp³-hybridized carbons (Fsp3) is 0.130. The molecule has 0 saturated heterocycles. The average Bonchev–Trinajstić information content (AvgIpc) is 2.78. The number of ether oxygens (including phenoxy) is 2. The lowest BCUT2D eigenvalue weighted by Gasteiger charge is -2.13. The number of rotatable bonds is 7. The summed E-state index contributed by atoms with van der Waals surface area (Å²) >= 11 is 0. The van der Waals surface area contributed by atoms with Crippen molar-refractivity contribution in [2.24, 2.45) is 0 Å². The molecule has 0 radical (unpaired) electrons. The monoisotopic (exact) mass is 390 g/mol. The van der Waals surface area contributed by atoms with Gasteiger partial charge in [0.05, 0.1) is 25.5 Å². The number of para-hydroxylation sites is 1. The molecule has 3 aromatic carbocycles. The van der Waals surface area contributed by atoms with E-state index < -0.39 is 0 Å². The zero-order chi connectivity index (χ0) is 20.6. The molecule has 3 rings (SSSR count). The quantitative estimate of drug-likeness (QED) is 0.642. The molecule has 0 bridgehead atoms. The minimum atomic E-state index is -0.307. The largest absolute Gasteiger partial charge is 0.497 e. The van der Waals surface area contributed by atoms with Crippen LogP contribution in [0.15, 0.2) is 72.8 Å². The van der Waals surface area contributed by atoms with Gasteiger partial charge in [-0.05, 0) is 42.5 Å².